The molecule has 38 heavy (non-hydrogen) atoms. The van der Waals surface area contributed by atoms with Gasteiger partial charge in [-0.05, 0) is 96.5 Å². The van der Waals surface area contributed by atoms with E-state index in [4.69, 9.17) is 9.47 Å². The molecule has 1 aliphatic carbocycles. The van der Waals surface area contributed by atoms with Crippen LogP contribution in [0.5, 0.6) is 5.75 Å². The Labute approximate surface area is 243 Å². The van der Waals surface area contributed by atoms with E-state index in [0.29, 0.717) is 6.61 Å². The van der Waals surface area contributed by atoms with Gasteiger partial charge in [0.25, 0.3) is 0 Å². The zero-order valence-electron chi connectivity index (χ0n) is 22.5. The van der Waals surface area contributed by atoms with Crippen LogP contribution in [-0.4, -0.2) is 19.8 Å². The Balaban J connectivity index is 1.70. The summed E-state index contributed by atoms with van der Waals surface area (Å²) in [6, 6.07) is 22.2. The molecule has 196 valence electrons. The lowest BCUT2D eigenvalue weighted by molar-refractivity contribution is -0.133. The molecular formula is C34H34Br2O2. The van der Waals surface area contributed by atoms with Crippen LogP contribution in [0, 0.1) is 19.3 Å². The van der Waals surface area contributed by atoms with Gasteiger partial charge in [-0.3, -0.25) is 0 Å². The highest BCUT2D eigenvalue weighted by atomic mass is 79.9. The Morgan fingerprint density at radius 1 is 1.00 bits per heavy atom. The number of hydrogen-bond acceptors (Lipinski definition) is 2. The summed E-state index contributed by atoms with van der Waals surface area (Å²) in [4.78, 5) is 0. The normalized spacial score (nSPS) is 19.9. The molecule has 0 bridgehead atoms. The van der Waals surface area contributed by atoms with Gasteiger partial charge >= 0.3 is 0 Å². The molecule has 0 aromatic heterocycles. The summed E-state index contributed by atoms with van der Waals surface area (Å²) in [5.41, 5.74) is 9.82. The van der Waals surface area contributed by atoms with E-state index in [2.05, 4.69) is 133 Å². The van der Waals surface area contributed by atoms with Crippen molar-refractivity contribution in [2.45, 2.75) is 39.5 Å². The van der Waals surface area contributed by atoms with Crippen LogP contribution < -0.4 is 4.74 Å². The van der Waals surface area contributed by atoms with E-state index in [1.54, 1.807) is 0 Å². The molecule has 1 fully saturated rings. The molecule has 0 radical (unpaired) electrons. The predicted octanol–water partition coefficient (Wildman–Crippen LogP) is 9.46. The Morgan fingerprint density at radius 3 is 2.37 bits per heavy atom. The fraction of sp³-hybridized carbons (Fsp3) is 0.294. The minimum atomic E-state index is -0.437. The van der Waals surface area contributed by atoms with Crippen molar-refractivity contribution in [1.82, 2.24) is 0 Å². The first-order valence-corrected chi connectivity index (χ1v) is 14.7. The third-order valence-electron chi connectivity index (χ3n) is 8.27. The third kappa shape index (κ3) is 4.65. The molecule has 4 heteroatoms. The summed E-state index contributed by atoms with van der Waals surface area (Å²) >= 11 is 7.29. The van der Waals surface area contributed by atoms with Crippen LogP contribution in [0.15, 0.2) is 93.9 Å². The van der Waals surface area contributed by atoms with Crippen molar-refractivity contribution in [2.75, 3.05) is 19.8 Å². The third-order valence-corrected chi connectivity index (χ3v) is 9.03. The first-order chi connectivity index (χ1) is 18.2. The van der Waals surface area contributed by atoms with Crippen molar-refractivity contribution < 1.29 is 9.47 Å². The monoisotopic (exact) mass is 632 g/mol. The van der Waals surface area contributed by atoms with Crippen LogP contribution in [0.2, 0.25) is 0 Å². The van der Waals surface area contributed by atoms with Crippen LogP contribution in [-0.2, 0) is 10.2 Å². The van der Waals surface area contributed by atoms with Gasteiger partial charge in [-0.25, -0.2) is 0 Å². The van der Waals surface area contributed by atoms with Gasteiger partial charge in [0.15, 0.2) is 0 Å². The summed E-state index contributed by atoms with van der Waals surface area (Å²) < 4.78 is 13.7. The van der Waals surface area contributed by atoms with Crippen LogP contribution in [0.25, 0.3) is 5.57 Å². The fourth-order valence-electron chi connectivity index (χ4n) is 5.89. The van der Waals surface area contributed by atoms with Gasteiger partial charge < -0.3 is 9.47 Å². The molecule has 0 amide bonds. The maximum absolute atomic E-state index is 6.28. The first-order valence-electron chi connectivity index (χ1n) is 13.1. The van der Waals surface area contributed by atoms with Gasteiger partial charge in [0.1, 0.15) is 5.75 Å². The lowest BCUT2D eigenvalue weighted by Crippen LogP contribution is -2.46. The Hall–Kier alpha value is -2.40. The maximum atomic E-state index is 6.28. The van der Waals surface area contributed by atoms with Gasteiger partial charge in [0.05, 0.1) is 30.7 Å². The van der Waals surface area contributed by atoms with E-state index in [1.807, 2.05) is 6.08 Å². The van der Waals surface area contributed by atoms with Gasteiger partial charge in [-0.15, -0.1) is 0 Å². The number of ether oxygens (including phenoxy) is 2. The van der Waals surface area contributed by atoms with Crippen molar-refractivity contribution in [1.29, 1.82) is 0 Å². The number of aryl methyl sites for hydroxylation is 2. The number of allylic oxidation sites excluding steroid dienone is 5. The van der Waals surface area contributed by atoms with Crippen molar-refractivity contribution >= 4 is 37.4 Å². The Kier molecular flexibility index (Phi) is 7.61. The van der Waals surface area contributed by atoms with Crippen LogP contribution in [0.1, 0.15) is 53.6 Å². The second-order valence-electron chi connectivity index (χ2n) is 10.7. The quantitative estimate of drug-likeness (QED) is 0.230. The fourth-order valence-corrected chi connectivity index (χ4v) is 6.38. The van der Waals surface area contributed by atoms with E-state index in [0.717, 1.165) is 34.3 Å². The van der Waals surface area contributed by atoms with Crippen LogP contribution in [0.4, 0.5) is 0 Å². The molecule has 1 saturated heterocycles. The number of rotatable bonds is 8. The van der Waals surface area contributed by atoms with E-state index in [-0.39, 0.29) is 5.41 Å². The van der Waals surface area contributed by atoms with E-state index in [1.165, 1.54) is 44.5 Å². The minimum Gasteiger partial charge on any atom is -0.493 e. The highest BCUT2D eigenvalue weighted by molar-refractivity contribution is 9.11. The average Bonchev–Trinajstić information content (AvgIpc) is 3.11. The molecule has 0 spiro atoms. The van der Waals surface area contributed by atoms with Gasteiger partial charge in [0.2, 0.25) is 0 Å². The lowest BCUT2D eigenvalue weighted by atomic mass is 9.66. The van der Waals surface area contributed by atoms with Crippen molar-refractivity contribution in [2.24, 2.45) is 5.41 Å². The standard InChI is InChI=1S/C34H34Br2O2/c1-6-33(19-37-20-33)21-38-28-13-10-26(11-14-28)34(31-17-22(2)7-8-23(31)3)25(5)29(15-9-24(4)35)30-16-12-27(36)18-32(30)34/h7-18H,4,6,19-21H2,1-3,5H3/b15-9-. The van der Waals surface area contributed by atoms with Gasteiger partial charge in [0, 0.05) is 8.96 Å². The number of fused-ring (bicyclic) bond motifs is 1. The summed E-state index contributed by atoms with van der Waals surface area (Å²) in [5.74, 6) is 0.898. The second kappa shape index (κ2) is 10.6. The number of benzene rings is 3. The van der Waals surface area contributed by atoms with Gasteiger partial charge in [-0.2, -0.15) is 0 Å². The zero-order chi connectivity index (χ0) is 27.1. The average molecular weight is 634 g/mol. The summed E-state index contributed by atoms with van der Waals surface area (Å²) in [7, 11) is 0. The number of halogens is 2. The molecular weight excluding hydrogens is 600 g/mol. The maximum Gasteiger partial charge on any atom is 0.119 e. The highest BCUT2D eigenvalue weighted by Gasteiger charge is 2.46. The number of hydrogen-bond donors (Lipinski definition) is 0. The zero-order valence-corrected chi connectivity index (χ0v) is 25.7. The molecule has 1 unspecified atom stereocenters. The largest absolute Gasteiger partial charge is 0.493 e. The molecule has 0 N–H and O–H groups in total. The summed E-state index contributed by atoms with van der Waals surface area (Å²) in [6.07, 6.45) is 5.29. The van der Waals surface area contributed by atoms with E-state index >= 15 is 0 Å². The SMILES string of the molecule is C=C(Br)/C=C\C1=C(C)C(c2ccc(OCC3(CC)COC3)cc2)(c2cc(C)ccc2C)c2cc(Br)ccc21. The highest BCUT2D eigenvalue weighted by Crippen LogP contribution is 2.56. The summed E-state index contributed by atoms with van der Waals surface area (Å²) in [5, 5.41) is 0. The topological polar surface area (TPSA) is 18.5 Å². The molecule has 2 nitrogen and oxygen atoms in total. The minimum absolute atomic E-state index is 0.148. The van der Waals surface area contributed by atoms with Crippen LogP contribution >= 0.6 is 31.9 Å². The smallest absolute Gasteiger partial charge is 0.119 e. The Bertz CT molecular complexity index is 1440. The molecule has 1 heterocycles. The molecule has 1 aliphatic heterocycles. The van der Waals surface area contributed by atoms with Crippen molar-refractivity contribution in [3.05, 3.63) is 127 Å². The van der Waals surface area contributed by atoms with Crippen molar-refractivity contribution in [3.8, 4) is 5.75 Å². The molecule has 1 atom stereocenters. The van der Waals surface area contributed by atoms with Gasteiger partial charge in [-0.1, -0.05) is 93.4 Å². The van der Waals surface area contributed by atoms with Crippen molar-refractivity contribution in [3.63, 3.8) is 0 Å². The molecule has 0 saturated carbocycles. The van der Waals surface area contributed by atoms with E-state index in [9.17, 15) is 0 Å². The van der Waals surface area contributed by atoms with Crippen LogP contribution in [0.3, 0.4) is 0 Å². The Morgan fingerprint density at radius 2 is 1.74 bits per heavy atom. The molecule has 2 aliphatic rings. The molecule has 3 aromatic carbocycles. The molecule has 3 aromatic rings. The predicted molar refractivity (Wildman–Crippen MR) is 165 cm³/mol. The summed E-state index contributed by atoms with van der Waals surface area (Å²) in [6.45, 7) is 15.2. The second-order valence-corrected chi connectivity index (χ2v) is 12.7. The molecule has 5 rings (SSSR count). The first kappa shape index (κ1) is 27.2. The lowest BCUT2D eigenvalue weighted by Gasteiger charge is -2.40. The van der Waals surface area contributed by atoms with E-state index < -0.39 is 5.41 Å².